The Morgan fingerprint density at radius 2 is 2.06 bits per heavy atom. The number of hydrogen-bond donors (Lipinski definition) is 1. The van der Waals surface area contributed by atoms with E-state index in [0.717, 1.165) is 6.42 Å². The number of hydrogen-bond acceptors (Lipinski definition) is 3. The normalized spacial score (nSPS) is 21.1. The maximum atomic E-state index is 11.8. The van der Waals surface area contributed by atoms with E-state index < -0.39 is 10.0 Å². The van der Waals surface area contributed by atoms with E-state index in [9.17, 15) is 8.42 Å². The van der Waals surface area contributed by atoms with Gasteiger partial charge in [-0.15, -0.1) is 0 Å². The largest absolute Gasteiger partial charge is 0.375 e. The number of ether oxygens (including phenoxy) is 1. The zero-order valence-corrected chi connectivity index (χ0v) is 9.61. The van der Waals surface area contributed by atoms with Crippen molar-refractivity contribution in [2.75, 3.05) is 13.2 Å². The number of sulfonamides is 1. The van der Waals surface area contributed by atoms with Crippen LogP contribution in [-0.2, 0) is 14.8 Å². The van der Waals surface area contributed by atoms with Crippen LogP contribution in [0, 0.1) is 12.5 Å². The smallest absolute Gasteiger partial charge is 0.240 e. The maximum absolute atomic E-state index is 11.8. The highest BCUT2D eigenvalue weighted by molar-refractivity contribution is 7.89. The minimum Gasteiger partial charge on any atom is -0.375 e. The molecular weight excluding hydrogens is 226 g/mol. The van der Waals surface area contributed by atoms with Gasteiger partial charge in [0.2, 0.25) is 10.0 Å². The van der Waals surface area contributed by atoms with Crippen LogP contribution in [0.1, 0.15) is 6.42 Å². The average molecular weight is 240 g/mol. The number of rotatable bonds is 4. The van der Waals surface area contributed by atoms with Gasteiger partial charge >= 0.3 is 0 Å². The molecule has 0 aromatic heterocycles. The monoisotopic (exact) mass is 240 g/mol. The summed E-state index contributed by atoms with van der Waals surface area (Å²) in [7, 11) is -3.37. The molecule has 0 amide bonds. The van der Waals surface area contributed by atoms with Crippen molar-refractivity contribution >= 4 is 10.0 Å². The van der Waals surface area contributed by atoms with E-state index in [1.165, 1.54) is 0 Å². The minimum absolute atomic E-state index is 0.249. The van der Waals surface area contributed by atoms with Crippen LogP contribution < -0.4 is 4.72 Å². The van der Waals surface area contributed by atoms with Gasteiger partial charge in [0, 0.05) is 6.54 Å². The first-order valence-corrected chi connectivity index (χ1v) is 6.65. The highest BCUT2D eigenvalue weighted by atomic mass is 32.2. The SMILES string of the molecule is O=S(=O)(NCC1C[CH]OC1)c1ccccc1. The van der Waals surface area contributed by atoms with E-state index in [-0.39, 0.29) is 5.92 Å². The second-order valence-corrected chi connectivity index (χ2v) is 5.53. The lowest BCUT2D eigenvalue weighted by atomic mass is 10.1. The van der Waals surface area contributed by atoms with Crippen LogP contribution in [0.4, 0.5) is 0 Å². The highest BCUT2D eigenvalue weighted by Crippen LogP contribution is 2.15. The summed E-state index contributed by atoms with van der Waals surface area (Å²) in [6.45, 7) is 2.74. The fourth-order valence-corrected chi connectivity index (χ4v) is 2.67. The van der Waals surface area contributed by atoms with Crippen LogP contribution in [-0.4, -0.2) is 21.6 Å². The lowest BCUT2D eigenvalue weighted by molar-refractivity contribution is 0.234. The van der Waals surface area contributed by atoms with Crippen molar-refractivity contribution in [3.05, 3.63) is 36.9 Å². The molecule has 1 aromatic rings. The van der Waals surface area contributed by atoms with Crippen LogP contribution in [0.15, 0.2) is 35.2 Å². The minimum atomic E-state index is -3.37. The van der Waals surface area contributed by atoms with Crippen molar-refractivity contribution in [2.45, 2.75) is 11.3 Å². The van der Waals surface area contributed by atoms with Crippen molar-refractivity contribution in [3.63, 3.8) is 0 Å². The van der Waals surface area contributed by atoms with Crippen LogP contribution in [0.5, 0.6) is 0 Å². The van der Waals surface area contributed by atoms with E-state index in [0.29, 0.717) is 18.0 Å². The van der Waals surface area contributed by atoms with Gasteiger partial charge < -0.3 is 4.74 Å². The Kier molecular flexibility index (Phi) is 3.58. The van der Waals surface area contributed by atoms with Crippen LogP contribution in [0.25, 0.3) is 0 Å². The second kappa shape index (κ2) is 4.95. The van der Waals surface area contributed by atoms with Crippen molar-refractivity contribution in [2.24, 2.45) is 5.92 Å². The van der Waals surface area contributed by atoms with E-state index in [1.54, 1.807) is 36.9 Å². The highest BCUT2D eigenvalue weighted by Gasteiger charge is 2.20. The van der Waals surface area contributed by atoms with E-state index in [4.69, 9.17) is 4.74 Å². The van der Waals surface area contributed by atoms with Gasteiger partial charge in [0.05, 0.1) is 18.1 Å². The lowest BCUT2D eigenvalue weighted by Gasteiger charge is -2.09. The second-order valence-electron chi connectivity index (χ2n) is 3.77. The summed E-state index contributed by atoms with van der Waals surface area (Å²) < 4.78 is 31.3. The third-order valence-electron chi connectivity index (χ3n) is 2.49. The average Bonchev–Trinajstić information content (AvgIpc) is 2.81. The van der Waals surface area contributed by atoms with Crippen LogP contribution >= 0.6 is 0 Å². The van der Waals surface area contributed by atoms with E-state index in [1.807, 2.05) is 0 Å². The first-order chi connectivity index (χ1) is 7.68. The summed E-state index contributed by atoms with van der Waals surface area (Å²) in [5.41, 5.74) is 0. The van der Waals surface area contributed by atoms with E-state index >= 15 is 0 Å². The van der Waals surface area contributed by atoms with Gasteiger partial charge in [-0.25, -0.2) is 13.1 Å². The third kappa shape index (κ3) is 2.81. The molecule has 87 valence electrons. The Morgan fingerprint density at radius 3 is 2.69 bits per heavy atom. The Bertz CT molecular complexity index is 424. The van der Waals surface area contributed by atoms with Gasteiger partial charge in [-0.2, -0.15) is 0 Å². The van der Waals surface area contributed by atoms with Gasteiger partial charge in [-0.3, -0.25) is 0 Å². The van der Waals surface area contributed by atoms with Crippen molar-refractivity contribution in [1.29, 1.82) is 0 Å². The van der Waals surface area contributed by atoms with Crippen molar-refractivity contribution in [3.8, 4) is 0 Å². The molecule has 16 heavy (non-hydrogen) atoms. The standard InChI is InChI=1S/C11H14NO3S/c13-16(14,11-4-2-1-3-5-11)12-8-10-6-7-15-9-10/h1-5,7,10,12H,6,8-9H2. The molecule has 1 radical (unpaired) electrons. The Labute approximate surface area is 95.7 Å². The van der Waals surface area contributed by atoms with Gasteiger partial charge in [0.15, 0.2) is 0 Å². The predicted molar refractivity (Wildman–Crippen MR) is 60.0 cm³/mol. The first-order valence-electron chi connectivity index (χ1n) is 5.16. The topological polar surface area (TPSA) is 55.4 Å². The molecule has 1 aliphatic rings. The van der Waals surface area contributed by atoms with Crippen molar-refractivity contribution < 1.29 is 13.2 Å². The molecule has 1 aliphatic heterocycles. The summed E-state index contributed by atoms with van der Waals surface area (Å²) in [6.07, 6.45) is 0.803. The van der Waals surface area contributed by atoms with Crippen LogP contribution in [0.2, 0.25) is 0 Å². The van der Waals surface area contributed by atoms with E-state index in [2.05, 4.69) is 4.72 Å². The predicted octanol–water partition coefficient (Wildman–Crippen LogP) is 1.16. The maximum Gasteiger partial charge on any atom is 0.240 e. The molecule has 0 spiro atoms. The van der Waals surface area contributed by atoms with Crippen LogP contribution in [0.3, 0.4) is 0 Å². The van der Waals surface area contributed by atoms with Crippen molar-refractivity contribution in [1.82, 2.24) is 4.72 Å². The zero-order chi connectivity index (χ0) is 11.4. The molecule has 1 atom stereocenters. The summed E-state index contributed by atoms with van der Waals surface area (Å²) in [6, 6.07) is 8.38. The Hall–Kier alpha value is -0.910. The van der Waals surface area contributed by atoms with Gasteiger partial charge in [-0.05, 0) is 24.5 Å². The summed E-state index contributed by atoms with van der Waals surface area (Å²) in [5, 5.41) is 0. The lowest BCUT2D eigenvalue weighted by Crippen LogP contribution is -2.29. The van der Waals surface area contributed by atoms with Gasteiger partial charge in [0.1, 0.15) is 0 Å². The van der Waals surface area contributed by atoms with Gasteiger partial charge in [0.25, 0.3) is 0 Å². The molecule has 0 saturated carbocycles. The Balaban J connectivity index is 1.98. The molecule has 0 aliphatic carbocycles. The molecule has 1 saturated heterocycles. The molecule has 5 heteroatoms. The molecule has 1 aromatic carbocycles. The first kappa shape index (κ1) is 11.6. The molecule has 4 nitrogen and oxygen atoms in total. The summed E-state index contributed by atoms with van der Waals surface area (Å²) in [4.78, 5) is 0.304. The Morgan fingerprint density at radius 1 is 1.31 bits per heavy atom. The molecule has 2 rings (SSSR count). The third-order valence-corrected chi connectivity index (χ3v) is 3.93. The number of nitrogens with one attached hydrogen (secondary N) is 1. The fraction of sp³-hybridized carbons (Fsp3) is 0.364. The molecule has 1 unspecified atom stereocenters. The van der Waals surface area contributed by atoms with Gasteiger partial charge in [-0.1, -0.05) is 18.2 Å². The summed E-state index contributed by atoms with van der Waals surface area (Å²) in [5.74, 6) is 0.249. The molecule has 1 fully saturated rings. The number of benzene rings is 1. The zero-order valence-electron chi connectivity index (χ0n) is 8.80. The molecule has 1 N–H and O–H groups in total. The molecule has 0 bridgehead atoms. The fourth-order valence-electron chi connectivity index (χ4n) is 1.53. The summed E-state index contributed by atoms with van der Waals surface area (Å²) >= 11 is 0. The molecule has 1 heterocycles. The molecular formula is C11H14NO3S. The quantitative estimate of drug-likeness (QED) is 0.859.